The molecule has 2 N–H and O–H groups in total. The van der Waals surface area contributed by atoms with E-state index in [9.17, 15) is 39.6 Å². The van der Waals surface area contributed by atoms with E-state index in [-0.39, 0.29) is 50.1 Å². The highest BCUT2D eigenvalue weighted by molar-refractivity contribution is 7.92. The zero-order valence-electron chi connectivity index (χ0n) is 33.6. The molecule has 9 rings (SSSR count). The molecule has 338 valence electrons. The number of nitrogens with zero attached hydrogens (tertiary/aromatic N) is 7. The minimum absolute atomic E-state index is 0.0252. The SMILES string of the molecule is Cc1cccc(-c2ccc3c(=O)n(-c4ccc(Cl)c5c(NS(C)(=O)=O)nn(CC(F)F)c45)c(C(Cc4cc(F)cc(F)c4)NC(=O)Cn4nc(C(F)F)c5c4C(F)(F)[C@@H]4C[C@H]54)nc3c2)n1. The number of anilines is 1. The summed E-state index contributed by atoms with van der Waals surface area (Å²) in [5.41, 5.74) is -2.17. The maximum atomic E-state index is 15.6. The number of pyridine rings is 1. The van der Waals surface area contributed by atoms with Gasteiger partial charge in [0.1, 0.15) is 41.9 Å². The van der Waals surface area contributed by atoms with Gasteiger partial charge in [-0.05, 0) is 73.4 Å². The largest absolute Gasteiger partial charge is 0.344 e. The van der Waals surface area contributed by atoms with Crippen molar-refractivity contribution in [1.82, 2.24) is 39.4 Å². The van der Waals surface area contributed by atoms with Crippen LogP contribution in [0, 0.1) is 24.5 Å². The van der Waals surface area contributed by atoms with Crippen LogP contribution >= 0.6 is 11.6 Å². The summed E-state index contributed by atoms with van der Waals surface area (Å²) in [5.74, 6) is -9.88. The van der Waals surface area contributed by atoms with Crippen LogP contribution in [-0.2, 0) is 40.3 Å². The fourth-order valence-electron chi connectivity index (χ4n) is 8.61. The number of nitrogens with one attached hydrogen (secondary N) is 2. The lowest BCUT2D eigenvalue weighted by Crippen LogP contribution is -2.38. The number of carbonyl (C=O) groups is 1. The van der Waals surface area contributed by atoms with E-state index in [4.69, 9.17) is 16.6 Å². The van der Waals surface area contributed by atoms with Gasteiger partial charge in [-0.2, -0.15) is 19.0 Å². The summed E-state index contributed by atoms with van der Waals surface area (Å²) in [6.07, 6.45) is -6.20. The topological polar surface area (TPSA) is 159 Å². The van der Waals surface area contributed by atoms with Gasteiger partial charge in [0.25, 0.3) is 24.3 Å². The van der Waals surface area contributed by atoms with E-state index in [1.807, 2.05) is 0 Å². The smallest absolute Gasteiger partial charge is 0.293 e. The predicted molar refractivity (Wildman–Crippen MR) is 221 cm³/mol. The highest BCUT2D eigenvalue weighted by Crippen LogP contribution is 2.68. The van der Waals surface area contributed by atoms with E-state index in [0.29, 0.717) is 32.4 Å². The molecule has 13 nitrogen and oxygen atoms in total. The number of rotatable bonds is 13. The van der Waals surface area contributed by atoms with Crippen molar-refractivity contribution < 1.29 is 48.3 Å². The standard InChI is InChI=1S/C42H32ClF8N9O4S/c1-18-4-3-5-27(52-18)20-6-7-23-28(13-20)54-40(60(41(23)62)30-9-8-26(43)34-36(30)58(16-31(46)47)56-39(34)57-65(2,63)64)29(12-19-10-21(44)14-22(45)11-19)53-32(61)17-59-37-33(35(55-59)38(48)49)24-15-25(24)42(37,50)51/h3-11,13-14,24-25,29,31,38H,12,15-17H2,1-2H3,(H,53,61)(H,56,57)/t24-,25+,29?/m0/s1. The number of aromatic nitrogens is 7. The Labute approximate surface area is 367 Å². The van der Waals surface area contributed by atoms with Crippen LogP contribution in [0.1, 0.15) is 58.8 Å². The summed E-state index contributed by atoms with van der Waals surface area (Å²) in [6, 6.07) is 12.8. The van der Waals surface area contributed by atoms with Gasteiger partial charge in [-0.25, -0.2) is 39.7 Å². The molecule has 0 aliphatic heterocycles. The van der Waals surface area contributed by atoms with Crippen molar-refractivity contribution in [2.75, 3.05) is 11.0 Å². The van der Waals surface area contributed by atoms with E-state index in [0.717, 1.165) is 23.0 Å². The van der Waals surface area contributed by atoms with Crippen molar-refractivity contribution >= 4 is 55.2 Å². The predicted octanol–water partition coefficient (Wildman–Crippen LogP) is 8.12. The fraction of sp³-hybridized carbons (Fsp3) is 0.286. The number of hydrogen-bond donors (Lipinski definition) is 2. The second-order valence-corrected chi connectivity index (χ2v) is 18.0. The summed E-state index contributed by atoms with van der Waals surface area (Å²) in [7, 11) is -4.13. The Balaban J connectivity index is 1.28. The van der Waals surface area contributed by atoms with Crippen LogP contribution < -0.4 is 15.6 Å². The van der Waals surface area contributed by atoms with Gasteiger partial charge >= 0.3 is 0 Å². The lowest BCUT2D eigenvalue weighted by Gasteiger charge is -2.24. The number of aryl methyl sites for hydroxylation is 1. The van der Waals surface area contributed by atoms with Crippen molar-refractivity contribution in [1.29, 1.82) is 0 Å². The monoisotopic (exact) mass is 945 g/mol. The van der Waals surface area contributed by atoms with Crippen molar-refractivity contribution in [3.8, 4) is 16.9 Å². The van der Waals surface area contributed by atoms with Crippen molar-refractivity contribution in [2.45, 2.75) is 63.6 Å². The number of alkyl halides is 6. The molecule has 3 atom stereocenters. The van der Waals surface area contributed by atoms with Gasteiger partial charge in [0.2, 0.25) is 15.9 Å². The second-order valence-electron chi connectivity index (χ2n) is 15.9. The van der Waals surface area contributed by atoms with Gasteiger partial charge in [-0.3, -0.25) is 33.2 Å². The molecule has 23 heteroatoms. The number of benzene rings is 3. The van der Waals surface area contributed by atoms with Crippen LogP contribution in [0.4, 0.5) is 40.9 Å². The molecule has 1 fully saturated rings. The third-order valence-electron chi connectivity index (χ3n) is 11.2. The highest BCUT2D eigenvalue weighted by atomic mass is 35.5. The van der Waals surface area contributed by atoms with E-state index in [1.165, 1.54) is 24.3 Å². The first-order valence-electron chi connectivity index (χ1n) is 19.7. The minimum atomic E-state index is -4.13. The first kappa shape index (κ1) is 43.8. The van der Waals surface area contributed by atoms with Crippen molar-refractivity contribution in [3.63, 3.8) is 0 Å². The fourth-order valence-corrected chi connectivity index (χ4v) is 9.35. The molecule has 1 amide bonds. The molecule has 0 radical (unpaired) electrons. The first-order chi connectivity index (χ1) is 30.7. The van der Waals surface area contributed by atoms with Gasteiger partial charge in [0.05, 0.1) is 50.5 Å². The maximum Gasteiger partial charge on any atom is 0.293 e. The average molecular weight is 946 g/mol. The van der Waals surface area contributed by atoms with Crippen LogP contribution in [0.5, 0.6) is 0 Å². The van der Waals surface area contributed by atoms with E-state index in [2.05, 4.69) is 25.2 Å². The van der Waals surface area contributed by atoms with Crippen LogP contribution in [-0.4, -0.2) is 61.1 Å². The normalized spacial score (nSPS) is 16.9. The van der Waals surface area contributed by atoms with Gasteiger partial charge < -0.3 is 5.32 Å². The summed E-state index contributed by atoms with van der Waals surface area (Å²) >= 11 is 6.58. The second kappa shape index (κ2) is 15.9. The quantitative estimate of drug-likeness (QED) is 0.110. The molecular formula is C42H32ClF8N9O4S. The summed E-state index contributed by atoms with van der Waals surface area (Å²) in [4.78, 5) is 38.6. The Hall–Kier alpha value is -6.42. The van der Waals surface area contributed by atoms with Crippen LogP contribution in [0.2, 0.25) is 5.02 Å². The lowest BCUT2D eigenvalue weighted by molar-refractivity contribution is -0.123. The van der Waals surface area contributed by atoms with Gasteiger partial charge in [0, 0.05) is 35.2 Å². The zero-order chi connectivity index (χ0) is 46.4. The lowest BCUT2D eigenvalue weighted by atomic mass is 10.0. The zero-order valence-corrected chi connectivity index (χ0v) is 35.2. The number of amides is 1. The number of carbonyl (C=O) groups excluding carboxylic acids is 1. The molecular weight excluding hydrogens is 914 g/mol. The summed E-state index contributed by atoms with van der Waals surface area (Å²) in [5, 5.41) is 9.84. The third kappa shape index (κ3) is 8.06. The Morgan fingerprint density at radius 1 is 0.969 bits per heavy atom. The number of hydrogen-bond acceptors (Lipinski definition) is 8. The van der Waals surface area contributed by atoms with E-state index >= 15 is 13.6 Å². The Morgan fingerprint density at radius 3 is 2.38 bits per heavy atom. The Morgan fingerprint density at radius 2 is 1.71 bits per heavy atom. The first-order valence-corrected chi connectivity index (χ1v) is 21.9. The van der Waals surface area contributed by atoms with E-state index in [1.54, 1.807) is 31.2 Å². The molecule has 1 unspecified atom stereocenters. The number of halogens is 9. The molecule has 1 saturated carbocycles. The van der Waals surface area contributed by atoms with Crippen LogP contribution in [0.25, 0.3) is 38.8 Å². The molecule has 65 heavy (non-hydrogen) atoms. The summed E-state index contributed by atoms with van der Waals surface area (Å²) in [6.45, 7) is -0.469. The molecule has 2 aliphatic carbocycles. The molecule has 7 aromatic rings. The van der Waals surface area contributed by atoms with Crippen molar-refractivity contribution in [3.05, 3.63) is 128 Å². The number of sulfonamides is 1. The van der Waals surface area contributed by atoms with Crippen LogP contribution in [0.15, 0.2) is 71.5 Å². The van der Waals surface area contributed by atoms with Gasteiger partial charge in [-0.1, -0.05) is 23.7 Å². The average Bonchev–Trinajstić information content (AvgIpc) is 3.74. The van der Waals surface area contributed by atoms with E-state index < -0.39 is 112 Å². The van der Waals surface area contributed by atoms with Gasteiger partial charge in [-0.15, -0.1) is 0 Å². The van der Waals surface area contributed by atoms with Crippen molar-refractivity contribution in [2.24, 2.45) is 5.92 Å². The molecule has 0 spiro atoms. The molecule has 0 bridgehead atoms. The van der Waals surface area contributed by atoms with Gasteiger partial charge in [0.15, 0.2) is 5.82 Å². The third-order valence-corrected chi connectivity index (χ3v) is 12.1. The molecule has 2 aliphatic rings. The summed E-state index contributed by atoms with van der Waals surface area (Å²) < 4.78 is 147. The Bertz CT molecular complexity index is 3270. The maximum absolute atomic E-state index is 15.6. The molecule has 4 heterocycles. The highest BCUT2D eigenvalue weighted by Gasteiger charge is 2.67. The number of fused-ring (bicyclic) bond motifs is 5. The van der Waals surface area contributed by atoms with Crippen LogP contribution in [0.3, 0.4) is 0 Å². The molecule has 3 aromatic carbocycles. The molecule has 4 aromatic heterocycles. The Kier molecular flexibility index (Phi) is 10.7. The molecule has 0 saturated heterocycles. The minimum Gasteiger partial charge on any atom is -0.344 e.